The van der Waals surface area contributed by atoms with E-state index in [0.29, 0.717) is 12.0 Å². The van der Waals surface area contributed by atoms with Gasteiger partial charge in [0.05, 0.1) is 0 Å². The number of carbonyl (C=O) groups is 2. The molecule has 2 bridgehead atoms. The predicted molar refractivity (Wildman–Crippen MR) is 65.1 cm³/mol. The minimum Gasteiger partial charge on any atom is -0.359 e. The Kier molecular flexibility index (Phi) is 3.14. The first kappa shape index (κ1) is 11.8. The molecule has 2 atom stereocenters. The largest absolute Gasteiger partial charge is 0.419 e. The van der Waals surface area contributed by atoms with E-state index in [-0.39, 0.29) is 0 Å². The van der Waals surface area contributed by atoms with Gasteiger partial charge in [0.1, 0.15) is 0 Å². The standard InChI is InChI=1S/C13H20N2O3/c16-12(14-6-2-1-3-7-14)18-13(17)15-9-10-4-5-11(15)8-10/h10-11H,1-9H2. The normalized spacial score (nSPS) is 30.7. The molecule has 0 aromatic carbocycles. The van der Waals surface area contributed by atoms with E-state index >= 15 is 0 Å². The van der Waals surface area contributed by atoms with E-state index in [0.717, 1.165) is 51.7 Å². The molecule has 1 aliphatic carbocycles. The van der Waals surface area contributed by atoms with Crippen LogP contribution < -0.4 is 0 Å². The summed E-state index contributed by atoms with van der Waals surface area (Å²) in [6.45, 7) is 2.22. The Morgan fingerprint density at radius 1 is 1.00 bits per heavy atom. The second kappa shape index (κ2) is 4.78. The molecule has 0 aromatic rings. The summed E-state index contributed by atoms with van der Waals surface area (Å²) in [5.74, 6) is 0.632. The molecule has 0 N–H and O–H groups in total. The van der Waals surface area contributed by atoms with Crippen molar-refractivity contribution in [1.29, 1.82) is 0 Å². The molecule has 5 nitrogen and oxygen atoms in total. The van der Waals surface area contributed by atoms with Crippen molar-refractivity contribution in [3.63, 3.8) is 0 Å². The van der Waals surface area contributed by atoms with Gasteiger partial charge in [-0.1, -0.05) is 0 Å². The van der Waals surface area contributed by atoms with E-state index in [1.165, 1.54) is 6.42 Å². The Morgan fingerprint density at radius 3 is 2.39 bits per heavy atom. The van der Waals surface area contributed by atoms with E-state index in [1.807, 2.05) is 0 Å². The molecular weight excluding hydrogens is 232 g/mol. The second-order valence-electron chi connectivity index (χ2n) is 5.67. The average molecular weight is 252 g/mol. The van der Waals surface area contributed by atoms with Crippen LogP contribution in [0.4, 0.5) is 9.59 Å². The van der Waals surface area contributed by atoms with E-state index < -0.39 is 12.2 Å². The van der Waals surface area contributed by atoms with Crippen molar-refractivity contribution >= 4 is 12.2 Å². The molecule has 2 aliphatic heterocycles. The van der Waals surface area contributed by atoms with E-state index in [1.54, 1.807) is 9.80 Å². The Bertz CT molecular complexity index is 352. The van der Waals surface area contributed by atoms with Gasteiger partial charge in [0, 0.05) is 25.7 Å². The van der Waals surface area contributed by atoms with Gasteiger partial charge in [0.15, 0.2) is 0 Å². The lowest BCUT2D eigenvalue weighted by Crippen LogP contribution is -2.43. The smallest absolute Gasteiger partial charge is 0.359 e. The number of likely N-dealkylation sites (tertiary alicyclic amines) is 2. The predicted octanol–water partition coefficient (Wildman–Crippen LogP) is 2.21. The lowest BCUT2D eigenvalue weighted by atomic mass is 10.1. The van der Waals surface area contributed by atoms with Gasteiger partial charge in [-0.3, -0.25) is 0 Å². The monoisotopic (exact) mass is 252 g/mol. The molecule has 2 amide bonds. The molecule has 2 unspecified atom stereocenters. The summed E-state index contributed by atoms with van der Waals surface area (Å²) >= 11 is 0. The number of ether oxygens (including phenoxy) is 1. The number of carbonyl (C=O) groups excluding carboxylic acids is 2. The number of rotatable bonds is 0. The van der Waals surface area contributed by atoms with Crippen molar-refractivity contribution in [3.05, 3.63) is 0 Å². The van der Waals surface area contributed by atoms with E-state index in [2.05, 4.69) is 0 Å². The topological polar surface area (TPSA) is 49.9 Å². The fraction of sp³-hybridized carbons (Fsp3) is 0.846. The van der Waals surface area contributed by atoms with Gasteiger partial charge in [0.2, 0.25) is 0 Å². The van der Waals surface area contributed by atoms with Gasteiger partial charge in [-0.15, -0.1) is 0 Å². The van der Waals surface area contributed by atoms with Crippen molar-refractivity contribution in [2.24, 2.45) is 5.92 Å². The number of hydrogen-bond acceptors (Lipinski definition) is 3. The van der Waals surface area contributed by atoms with Gasteiger partial charge in [-0.2, -0.15) is 0 Å². The lowest BCUT2D eigenvalue weighted by Gasteiger charge is -2.29. The van der Waals surface area contributed by atoms with Crippen LogP contribution in [0.25, 0.3) is 0 Å². The maximum Gasteiger partial charge on any atom is 0.419 e. The molecule has 3 aliphatic rings. The van der Waals surface area contributed by atoms with Crippen LogP contribution in [0.2, 0.25) is 0 Å². The van der Waals surface area contributed by atoms with Gasteiger partial charge in [-0.05, 0) is 44.4 Å². The molecule has 1 saturated carbocycles. The summed E-state index contributed by atoms with van der Waals surface area (Å²) < 4.78 is 5.00. The molecule has 0 spiro atoms. The van der Waals surface area contributed by atoms with Gasteiger partial charge < -0.3 is 14.5 Å². The van der Waals surface area contributed by atoms with E-state index in [9.17, 15) is 9.59 Å². The Hall–Kier alpha value is -1.26. The van der Waals surface area contributed by atoms with Gasteiger partial charge >= 0.3 is 12.2 Å². The Morgan fingerprint density at radius 2 is 1.78 bits per heavy atom. The zero-order valence-electron chi connectivity index (χ0n) is 10.6. The zero-order valence-corrected chi connectivity index (χ0v) is 10.6. The number of nitrogens with zero attached hydrogens (tertiary/aromatic N) is 2. The number of fused-ring (bicyclic) bond motifs is 2. The first-order valence-electron chi connectivity index (χ1n) is 7.01. The Balaban J connectivity index is 1.52. The van der Waals surface area contributed by atoms with Crippen molar-refractivity contribution < 1.29 is 14.3 Å². The molecule has 18 heavy (non-hydrogen) atoms. The highest BCUT2D eigenvalue weighted by atomic mass is 16.6. The van der Waals surface area contributed by atoms with Crippen LogP contribution >= 0.6 is 0 Å². The second-order valence-corrected chi connectivity index (χ2v) is 5.67. The molecular formula is C13H20N2O3. The third kappa shape index (κ3) is 2.18. The maximum atomic E-state index is 11.9. The first-order valence-corrected chi connectivity index (χ1v) is 7.01. The Labute approximate surface area is 107 Å². The molecule has 3 rings (SSSR count). The third-order valence-electron chi connectivity index (χ3n) is 4.43. The van der Waals surface area contributed by atoms with Crippen molar-refractivity contribution in [2.75, 3.05) is 19.6 Å². The van der Waals surface area contributed by atoms with Crippen LogP contribution in [0.3, 0.4) is 0 Å². The number of piperidine rings is 2. The summed E-state index contributed by atoms with van der Waals surface area (Å²) in [5, 5.41) is 0. The minimum atomic E-state index is -0.456. The minimum absolute atomic E-state index is 0.316. The first-order chi connectivity index (χ1) is 8.74. The molecule has 100 valence electrons. The summed E-state index contributed by atoms with van der Waals surface area (Å²) in [5.41, 5.74) is 0. The fourth-order valence-electron chi connectivity index (χ4n) is 3.42. The SMILES string of the molecule is O=C(OC(=O)N1CC2CCC1C2)N1CCCCC1. The van der Waals surface area contributed by atoms with Crippen LogP contribution in [-0.2, 0) is 4.74 Å². The molecule has 5 heteroatoms. The quantitative estimate of drug-likeness (QED) is 0.621. The van der Waals surface area contributed by atoms with Crippen molar-refractivity contribution in [1.82, 2.24) is 9.80 Å². The zero-order chi connectivity index (χ0) is 12.5. The van der Waals surface area contributed by atoms with Gasteiger partial charge in [0.25, 0.3) is 0 Å². The van der Waals surface area contributed by atoms with Crippen LogP contribution in [0.1, 0.15) is 38.5 Å². The van der Waals surface area contributed by atoms with Crippen LogP contribution in [0, 0.1) is 5.92 Å². The number of hydrogen-bond donors (Lipinski definition) is 0. The van der Waals surface area contributed by atoms with Crippen LogP contribution in [-0.4, -0.2) is 47.7 Å². The highest BCUT2D eigenvalue weighted by molar-refractivity contribution is 5.84. The lowest BCUT2D eigenvalue weighted by molar-refractivity contribution is 0.0828. The summed E-state index contributed by atoms with van der Waals surface area (Å²) in [7, 11) is 0. The van der Waals surface area contributed by atoms with Crippen LogP contribution in [0.15, 0.2) is 0 Å². The van der Waals surface area contributed by atoms with Crippen molar-refractivity contribution in [2.45, 2.75) is 44.6 Å². The highest BCUT2D eigenvalue weighted by Gasteiger charge is 2.41. The van der Waals surface area contributed by atoms with Gasteiger partial charge in [-0.25, -0.2) is 9.59 Å². The molecule has 0 aromatic heterocycles. The van der Waals surface area contributed by atoms with Crippen molar-refractivity contribution in [3.8, 4) is 0 Å². The summed E-state index contributed by atoms with van der Waals surface area (Å²) in [6, 6.07) is 0.316. The summed E-state index contributed by atoms with van der Waals surface area (Å²) in [6.07, 6.45) is 5.67. The third-order valence-corrected chi connectivity index (χ3v) is 4.43. The fourth-order valence-corrected chi connectivity index (χ4v) is 3.42. The summed E-state index contributed by atoms with van der Waals surface area (Å²) in [4.78, 5) is 27.2. The molecule has 3 fully saturated rings. The molecule has 2 saturated heterocycles. The average Bonchev–Trinajstić information content (AvgIpc) is 3.02. The van der Waals surface area contributed by atoms with E-state index in [4.69, 9.17) is 4.74 Å². The highest BCUT2D eigenvalue weighted by Crippen LogP contribution is 2.37. The molecule has 2 heterocycles. The molecule has 0 radical (unpaired) electrons. The van der Waals surface area contributed by atoms with Crippen LogP contribution in [0.5, 0.6) is 0 Å². The maximum absolute atomic E-state index is 11.9. The number of amides is 2.